The number of amides is 1. The van der Waals surface area contributed by atoms with E-state index in [1.165, 1.54) is 0 Å². The lowest BCUT2D eigenvalue weighted by molar-refractivity contribution is -0.117. The number of anilines is 1. The Balaban J connectivity index is 1.73. The van der Waals surface area contributed by atoms with Crippen molar-refractivity contribution in [2.75, 3.05) is 18.0 Å². The smallest absolute Gasteiger partial charge is 0.269 e. The van der Waals surface area contributed by atoms with Gasteiger partial charge in [-0.2, -0.15) is 0 Å². The molecule has 6 nitrogen and oxygen atoms in total. The molecular formula is C12H14N4O2. The van der Waals surface area contributed by atoms with Crippen LogP contribution >= 0.6 is 0 Å². The molecule has 0 spiro atoms. The number of nitrogens with zero attached hydrogens (tertiary/aromatic N) is 3. The fraction of sp³-hybridized carbons (Fsp3) is 0.500. The molecule has 0 aromatic carbocycles. The second-order valence-corrected chi connectivity index (χ2v) is 5.01. The topological polar surface area (TPSA) is 89.2 Å². The van der Waals surface area contributed by atoms with Crippen LogP contribution in [-0.4, -0.2) is 35.0 Å². The van der Waals surface area contributed by atoms with Crippen molar-refractivity contribution in [3.05, 3.63) is 17.8 Å². The van der Waals surface area contributed by atoms with Crippen LogP contribution in [0.5, 0.6) is 0 Å². The molecule has 1 amide bonds. The summed E-state index contributed by atoms with van der Waals surface area (Å²) >= 11 is 0. The molecule has 1 aliphatic heterocycles. The first kappa shape index (κ1) is 11.1. The number of rotatable bonds is 2. The summed E-state index contributed by atoms with van der Waals surface area (Å²) in [5, 5.41) is 7.82. The average Bonchev–Trinajstić information content (AvgIpc) is 2.86. The van der Waals surface area contributed by atoms with Crippen LogP contribution in [0.15, 0.2) is 12.1 Å². The number of hydrogen-bond donors (Lipinski definition) is 1. The molecule has 1 aromatic rings. The highest BCUT2D eigenvalue weighted by Gasteiger charge is 2.40. The summed E-state index contributed by atoms with van der Waals surface area (Å²) in [5.74, 6) is 1.46. The lowest BCUT2D eigenvalue weighted by Gasteiger charge is -2.17. The van der Waals surface area contributed by atoms with Gasteiger partial charge in [0.05, 0.1) is 0 Å². The van der Waals surface area contributed by atoms with Crippen LogP contribution in [0.25, 0.3) is 0 Å². The number of hydrogen-bond acceptors (Lipinski definition) is 5. The summed E-state index contributed by atoms with van der Waals surface area (Å²) in [6, 6.07) is 3.35. The standard InChI is InChI=1S/C12H14N4O2/c13-12(18)10-1-2-11(15-14-10)16-5-7-3-9(17)4-8(7)6-16/h1-2,7-8H,3-6H2,(H2,13,18)/t7-,8+. The van der Waals surface area contributed by atoms with Crippen molar-refractivity contribution in [2.24, 2.45) is 17.6 Å². The molecule has 0 bridgehead atoms. The number of aromatic nitrogens is 2. The largest absolute Gasteiger partial charge is 0.364 e. The molecule has 3 rings (SSSR count). The molecular weight excluding hydrogens is 232 g/mol. The van der Waals surface area contributed by atoms with Crippen LogP contribution in [-0.2, 0) is 4.79 Å². The van der Waals surface area contributed by atoms with Crippen molar-refractivity contribution in [3.8, 4) is 0 Å². The number of carbonyl (C=O) groups is 2. The highest BCUT2D eigenvalue weighted by atomic mass is 16.1. The first-order valence-corrected chi connectivity index (χ1v) is 6.03. The van der Waals surface area contributed by atoms with Crippen LogP contribution < -0.4 is 10.6 Å². The molecule has 18 heavy (non-hydrogen) atoms. The number of primary amides is 1. The Labute approximate surface area is 104 Å². The van der Waals surface area contributed by atoms with Crippen LogP contribution in [0.3, 0.4) is 0 Å². The highest BCUT2D eigenvalue weighted by molar-refractivity contribution is 5.90. The molecule has 1 aromatic heterocycles. The van der Waals surface area contributed by atoms with Gasteiger partial charge in [-0.3, -0.25) is 9.59 Å². The van der Waals surface area contributed by atoms with Crippen molar-refractivity contribution in [2.45, 2.75) is 12.8 Å². The van der Waals surface area contributed by atoms with Gasteiger partial charge in [0.25, 0.3) is 5.91 Å². The Morgan fingerprint density at radius 1 is 1.22 bits per heavy atom. The highest BCUT2D eigenvalue weighted by Crippen LogP contribution is 2.37. The summed E-state index contributed by atoms with van der Waals surface area (Å²) in [4.78, 5) is 24.3. The number of Topliss-reactive ketones (excluding diaryl/α,β-unsaturated/α-hetero) is 1. The van der Waals surface area contributed by atoms with E-state index in [1.54, 1.807) is 12.1 Å². The Morgan fingerprint density at radius 3 is 2.39 bits per heavy atom. The summed E-state index contributed by atoms with van der Waals surface area (Å²) in [5.41, 5.74) is 5.29. The molecule has 1 saturated heterocycles. The van der Waals surface area contributed by atoms with Crippen LogP contribution in [0, 0.1) is 11.8 Å². The first-order chi connectivity index (χ1) is 8.63. The molecule has 94 valence electrons. The van der Waals surface area contributed by atoms with E-state index in [9.17, 15) is 9.59 Å². The molecule has 1 saturated carbocycles. The number of fused-ring (bicyclic) bond motifs is 1. The number of carbonyl (C=O) groups excluding carboxylic acids is 2. The van der Waals surface area contributed by atoms with Crippen molar-refractivity contribution >= 4 is 17.5 Å². The van der Waals surface area contributed by atoms with Crippen LogP contribution in [0.4, 0.5) is 5.82 Å². The quantitative estimate of drug-likeness (QED) is 0.792. The van der Waals surface area contributed by atoms with E-state index >= 15 is 0 Å². The van der Waals surface area contributed by atoms with Crippen molar-refractivity contribution in [3.63, 3.8) is 0 Å². The number of ketones is 1. The van der Waals surface area contributed by atoms with Gasteiger partial charge in [0.2, 0.25) is 0 Å². The maximum Gasteiger partial charge on any atom is 0.269 e. The van der Waals surface area contributed by atoms with Crippen LogP contribution in [0.1, 0.15) is 23.3 Å². The molecule has 0 unspecified atom stereocenters. The van der Waals surface area contributed by atoms with Gasteiger partial charge in [-0.25, -0.2) is 0 Å². The van der Waals surface area contributed by atoms with Gasteiger partial charge >= 0.3 is 0 Å². The van der Waals surface area contributed by atoms with Gasteiger partial charge in [0.15, 0.2) is 11.5 Å². The molecule has 2 fully saturated rings. The van der Waals surface area contributed by atoms with Gasteiger partial charge in [-0.15, -0.1) is 10.2 Å². The van der Waals surface area contributed by atoms with Gasteiger partial charge in [0, 0.05) is 25.9 Å². The van der Waals surface area contributed by atoms with Gasteiger partial charge in [-0.05, 0) is 24.0 Å². The van der Waals surface area contributed by atoms with Crippen molar-refractivity contribution in [1.82, 2.24) is 10.2 Å². The normalized spacial score (nSPS) is 26.4. The zero-order chi connectivity index (χ0) is 12.7. The predicted octanol–water partition coefficient (Wildman–Crippen LogP) is -0.00920. The summed E-state index contributed by atoms with van der Waals surface area (Å²) in [7, 11) is 0. The summed E-state index contributed by atoms with van der Waals surface area (Å²) < 4.78 is 0. The molecule has 2 N–H and O–H groups in total. The van der Waals surface area contributed by atoms with Crippen molar-refractivity contribution < 1.29 is 9.59 Å². The third-order valence-corrected chi connectivity index (χ3v) is 3.78. The van der Waals surface area contributed by atoms with E-state index in [-0.39, 0.29) is 5.69 Å². The molecule has 6 heteroatoms. The Morgan fingerprint density at radius 2 is 1.89 bits per heavy atom. The SMILES string of the molecule is NC(=O)c1ccc(N2C[C@H]3CC(=O)C[C@H]3C2)nn1. The van der Waals surface area contributed by atoms with Crippen molar-refractivity contribution in [1.29, 1.82) is 0 Å². The minimum atomic E-state index is -0.571. The minimum Gasteiger partial charge on any atom is -0.364 e. The molecule has 1 aliphatic carbocycles. The Hall–Kier alpha value is -1.98. The maximum atomic E-state index is 11.3. The van der Waals surface area contributed by atoms with E-state index in [4.69, 9.17) is 5.73 Å². The molecule has 2 atom stereocenters. The zero-order valence-electron chi connectivity index (χ0n) is 9.87. The fourth-order valence-corrected chi connectivity index (χ4v) is 2.88. The monoisotopic (exact) mass is 246 g/mol. The third-order valence-electron chi connectivity index (χ3n) is 3.78. The summed E-state index contributed by atoms with van der Waals surface area (Å²) in [6.07, 6.45) is 1.38. The van der Waals surface area contributed by atoms with E-state index in [0.29, 0.717) is 30.5 Å². The zero-order valence-corrected chi connectivity index (χ0v) is 9.87. The molecule has 2 heterocycles. The minimum absolute atomic E-state index is 0.174. The van der Waals surface area contributed by atoms with E-state index < -0.39 is 5.91 Å². The second-order valence-electron chi connectivity index (χ2n) is 5.01. The van der Waals surface area contributed by atoms with Gasteiger partial charge in [0.1, 0.15) is 5.78 Å². The Bertz CT molecular complexity index is 483. The second kappa shape index (κ2) is 4.04. The molecule has 0 radical (unpaired) electrons. The van der Waals surface area contributed by atoms with E-state index in [2.05, 4.69) is 15.1 Å². The lowest BCUT2D eigenvalue weighted by atomic mass is 10.0. The predicted molar refractivity (Wildman–Crippen MR) is 64.0 cm³/mol. The molecule has 2 aliphatic rings. The lowest BCUT2D eigenvalue weighted by Crippen LogP contribution is -2.24. The average molecular weight is 246 g/mol. The third kappa shape index (κ3) is 1.83. The van der Waals surface area contributed by atoms with E-state index in [0.717, 1.165) is 18.9 Å². The van der Waals surface area contributed by atoms with E-state index in [1.807, 2.05) is 0 Å². The van der Waals surface area contributed by atoms with Gasteiger partial charge in [-0.1, -0.05) is 0 Å². The Kier molecular flexibility index (Phi) is 2.50. The fourth-order valence-electron chi connectivity index (χ4n) is 2.88. The van der Waals surface area contributed by atoms with Crippen LogP contribution in [0.2, 0.25) is 0 Å². The summed E-state index contributed by atoms with van der Waals surface area (Å²) in [6.45, 7) is 1.70. The first-order valence-electron chi connectivity index (χ1n) is 6.03. The number of nitrogens with two attached hydrogens (primary N) is 1. The van der Waals surface area contributed by atoms with Gasteiger partial charge < -0.3 is 10.6 Å². The maximum absolute atomic E-state index is 11.3.